The predicted octanol–water partition coefficient (Wildman–Crippen LogP) is 3.30. The van der Waals surface area contributed by atoms with Crippen LogP contribution in [0.15, 0.2) is 30.3 Å². The molecule has 1 atom stereocenters. The van der Waals surface area contributed by atoms with Crippen LogP contribution in [-0.4, -0.2) is 27.2 Å². The van der Waals surface area contributed by atoms with E-state index in [0.29, 0.717) is 6.54 Å². The summed E-state index contributed by atoms with van der Waals surface area (Å²) < 4.78 is 1.92. The summed E-state index contributed by atoms with van der Waals surface area (Å²) in [6.07, 6.45) is 6.77. The van der Waals surface area contributed by atoms with Gasteiger partial charge in [-0.3, -0.25) is 9.48 Å². The van der Waals surface area contributed by atoms with Gasteiger partial charge in [0.15, 0.2) is 0 Å². The van der Waals surface area contributed by atoms with Crippen LogP contribution < -0.4 is 5.32 Å². The summed E-state index contributed by atoms with van der Waals surface area (Å²) in [5, 5.41) is 7.62. The Balaban J connectivity index is 1.41. The van der Waals surface area contributed by atoms with E-state index in [2.05, 4.69) is 39.7 Å². The van der Waals surface area contributed by atoms with Crippen molar-refractivity contribution in [3.63, 3.8) is 0 Å². The van der Waals surface area contributed by atoms with Crippen LogP contribution in [0.5, 0.6) is 0 Å². The van der Waals surface area contributed by atoms with E-state index in [1.54, 1.807) is 0 Å². The molecular formula is C21H28N4O. The maximum atomic E-state index is 13.2. The van der Waals surface area contributed by atoms with Gasteiger partial charge in [0.25, 0.3) is 0 Å². The van der Waals surface area contributed by atoms with Crippen molar-refractivity contribution in [2.45, 2.75) is 64.3 Å². The molecule has 0 aliphatic heterocycles. The SMILES string of the molecule is Cc1nc(C)n(CCCNC(=O)[C@]2(c3ccccc3)CC23CCCC3)n1. The van der Waals surface area contributed by atoms with Crippen molar-refractivity contribution in [1.29, 1.82) is 0 Å². The van der Waals surface area contributed by atoms with Gasteiger partial charge in [-0.05, 0) is 50.5 Å². The van der Waals surface area contributed by atoms with Crippen LogP contribution in [0.1, 0.15) is 55.7 Å². The van der Waals surface area contributed by atoms with Crippen LogP contribution in [0.2, 0.25) is 0 Å². The van der Waals surface area contributed by atoms with E-state index >= 15 is 0 Å². The Hall–Kier alpha value is -2.17. The lowest BCUT2D eigenvalue weighted by Gasteiger charge is -2.22. The summed E-state index contributed by atoms with van der Waals surface area (Å²) in [5.41, 5.74) is 1.10. The van der Waals surface area contributed by atoms with Crippen LogP contribution in [0, 0.1) is 19.3 Å². The average Bonchev–Trinajstić information content (AvgIpc) is 2.87. The highest BCUT2D eigenvalue weighted by atomic mass is 16.2. The van der Waals surface area contributed by atoms with E-state index in [1.807, 2.05) is 24.6 Å². The minimum Gasteiger partial charge on any atom is -0.355 e. The van der Waals surface area contributed by atoms with Gasteiger partial charge in [0.05, 0.1) is 5.41 Å². The van der Waals surface area contributed by atoms with Crippen molar-refractivity contribution in [2.24, 2.45) is 5.41 Å². The normalized spacial score (nSPS) is 23.3. The molecule has 0 saturated heterocycles. The molecule has 138 valence electrons. The first-order valence-corrected chi connectivity index (χ1v) is 9.79. The van der Waals surface area contributed by atoms with Gasteiger partial charge in [0, 0.05) is 13.1 Å². The third kappa shape index (κ3) is 2.74. The third-order valence-electron chi connectivity index (χ3n) is 6.39. The van der Waals surface area contributed by atoms with Crippen molar-refractivity contribution >= 4 is 5.91 Å². The maximum absolute atomic E-state index is 13.2. The van der Waals surface area contributed by atoms with E-state index in [0.717, 1.165) is 31.0 Å². The monoisotopic (exact) mass is 352 g/mol. The Morgan fingerprint density at radius 1 is 1.19 bits per heavy atom. The zero-order valence-electron chi connectivity index (χ0n) is 15.8. The summed E-state index contributed by atoms with van der Waals surface area (Å²) in [5.74, 6) is 1.95. The topological polar surface area (TPSA) is 59.8 Å². The van der Waals surface area contributed by atoms with Gasteiger partial charge in [-0.1, -0.05) is 43.2 Å². The molecule has 1 aromatic heterocycles. The van der Waals surface area contributed by atoms with Crippen LogP contribution in [0.3, 0.4) is 0 Å². The minimum atomic E-state index is -0.301. The Morgan fingerprint density at radius 3 is 2.58 bits per heavy atom. The van der Waals surface area contributed by atoms with E-state index in [4.69, 9.17) is 0 Å². The van der Waals surface area contributed by atoms with Gasteiger partial charge in [0.2, 0.25) is 5.91 Å². The Bertz CT molecular complexity index is 792. The summed E-state index contributed by atoms with van der Waals surface area (Å²) in [6.45, 7) is 5.35. The van der Waals surface area contributed by atoms with E-state index in [1.165, 1.54) is 31.2 Å². The highest BCUT2D eigenvalue weighted by molar-refractivity contribution is 5.93. The number of carbonyl (C=O) groups is 1. The number of nitrogens with one attached hydrogen (secondary N) is 1. The summed E-state index contributed by atoms with van der Waals surface area (Å²) >= 11 is 0. The van der Waals surface area contributed by atoms with Crippen molar-refractivity contribution in [3.8, 4) is 0 Å². The molecule has 4 rings (SSSR count). The second kappa shape index (κ2) is 6.53. The Kier molecular flexibility index (Phi) is 4.33. The molecule has 1 aromatic carbocycles. The first-order chi connectivity index (χ1) is 12.6. The fourth-order valence-corrected chi connectivity index (χ4v) is 5.06. The molecule has 0 radical (unpaired) electrons. The van der Waals surface area contributed by atoms with Gasteiger partial charge in [-0.25, -0.2) is 4.98 Å². The summed E-state index contributed by atoms with van der Waals surface area (Å²) in [6, 6.07) is 10.4. The molecular weight excluding hydrogens is 324 g/mol. The molecule has 2 aromatic rings. The lowest BCUT2D eigenvalue weighted by molar-refractivity contribution is -0.124. The molecule has 5 nitrogen and oxygen atoms in total. The average molecular weight is 352 g/mol. The molecule has 2 saturated carbocycles. The number of hydrogen-bond acceptors (Lipinski definition) is 3. The number of benzene rings is 1. The first kappa shape index (κ1) is 17.3. The van der Waals surface area contributed by atoms with Crippen LogP contribution in [0.4, 0.5) is 0 Å². The maximum Gasteiger partial charge on any atom is 0.231 e. The second-order valence-electron chi connectivity index (χ2n) is 7.97. The van der Waals surface area contributed by atoms with Crippen molar-refractivity contribution < 1.29 is 4.79 Å². The standard InChI is InChI=1S/C21H28N4O/c1-16-23-17(2)25(24-16)14-8-13-22-19(26)21(18-9-4-3-5-10-18)15-20(21)11-6-7-12-20/h3-5,9-10H,6-8,11-15H2,1-2H3,(H,22,26)/t21-/m1/s1. The lowest BCUT2D eigenvalue weighted by atomic mass is 9.84. The van der Waals surface area contributed by atoms with Crippen molar-refractivity contribution in [2.75, 3.05) is 6.54 Å². The van der Waals surface area contributed by atoms with E-state index in [-0.39, 0.29) is 16.7 Å². The number of aryl methyl sites for hydroxylation is 3. The molecule has 5 heteroatoms. The molecule has 2 aliphatic carbocycles. The summed E-state index contributed by atoms with van der Waals surface area (Å²) in [7, 11) is 0. The van der Waals surface area contributed by atoms with Gasteiger partial charge >= 0.3 is 0 Å². The number of rotatable bonds is 6. The minimum absolute atomic E-state index is 0.206. The van der Waals surface area contributed by atoms with Crippen molar-refractivity contribution in [1.82, 2.24) is 20.1 Å². The molecule has 0 bridgehead atoms. The smallest absolute Gasteiger partial charge is 0.231 e. The molecule has 1 spiro atoms. The second-order valence-corrected chi connectivity index (χ2v) is 7.97. The fraction of sp³-hybridized carbons (Fsp3) is 0.571. The summed E-state index contributed by atoms with van der Waals surface area (Å²) in [4.78, 5) is 17.6. The van der Waals surface area contributed by atoms with Gasteiger partial charge in [0.1, 0.15) is 11.6 Å². The number of aromatic nitrogens is 3. The number of hydrogen-bond donors (Lipinski definition) is 1. The van der Waals surface area contributed by atoms with Crippen LogP contribution >= 0.6 is 0 Å². The van der Waals surface area contributed by atoms with Gasteiger partial charge in [-0.2, -0.15) is 5.10 Å². The first-order valence-electron chi connectivity index (χ1n) is 9.79. The number of nitrogens with zero attached hydrogens (tertiary/aromatic N) is 3. The zero-order chi connectivity index (χ0) is 18.2. The number of amides is 1. The van der Waals surface area contributed by atoms with Crippen LogP contribution in [-0.2, 0) is 16.8 Å². The Labute approximate surface area is 155 Å². The van der Waals surface area contributed by atoms with E-state index in [9.17, 15) is 4.79 Å². The zero-order valence-corrected chi connectivity index (χ0v) is 15.8. The largest absolute Gasteiger partial charge is 0.355 e. The highest BCUT2D eigenvalue weighted by Crippen LogP contribution is 2.72. The molecule has 1 N–H and O–H groups in total. The molecule has 26 heavy (non-hydrogen) atoms. The third-order valence-corrected chi connectivity index (χ3v) is 6.39. The molecule has 1 heterocycles. The highest BCUT2D eigenvalue weighted by Gasteiger charge is 2.72. The van der Waals surface area contributed by atoms with E-state index < -0.39 is 0 Å². The number of carbonyl (C=O) groups excluding carboxylic acids is 1. The predicted molar refractivity (Wildman–Crippen MR) is 101 cm³/mol. The fourth-order valence-electron chi connectivity index (χ4n) is 5.06. The van der Waals surface area contributed by atoms with Crippen molar-refractivity contribution in [3.05, 3.63) is 47.5 Å². The molecule has 1 amide bonds. The molecule has 2 aliphatic rings. The Morgan fingerprint density at radius 2 is 1.92 bits per heavy atom. The quantitative estimate of drug-likeness (QED) is 0.812. The van der Waals surface area contributed by atoms with Crippen LogP contribution in [0.25, 0.3) is 0 Å². The van der Waals surface area contributed by atoms with Gasteiger partial charge in [-0.15, -0.1) is 0 Å². The van der Waals surface area contributed by atoms with Gasteiger partial charge < -0.3 is 5.32 Å². The molecule has 0 unspecified atom stereocenters. The lowest BCUT2D eigenvalue weighted by Crippen LogP contribution is -2.39. The molecule has 2 fully saturated rings.